The van der Waals surface area contributed by atoms with Gasteiger partial charge in [0.1, 0.15) is 11.2 Å². The molecule has 3 rings (SSSR count). The van der Waals surface area contributed by atoms with Crippen LogP contribution in [0.2, 0.25) is 0 Å². The van der Waals surface area contributed by atoms with E-state index in [2.05, 4.69) is 4.98 Å². The molecule has 0 saturated heterocycles. The molecular formula is C20H26F2N2O3. The van der Waals surface area contributed by atoms with Gasteiger partial charge >= 0.3 is 5.97 Å². The van der Waals surface area contributed by atoms with Crippen molar-refractivity contribution in [3.63, 3.8) is 0 Å². The molecule has 27 heavy (non-hydrogen) atoms. The third-order valence-corrected chi connectivity index (χ3v) is 5.39. The number of aryl methyl sites for hydroxylation is 1. The second-order valence-electron chi connectivity index (χ2n) is 7.91. The van der Waals surface area contributed by atoms with Crippen LogP contribution in [0.5, 0.6) is 0 Å². The van der Waals surface area contributed by atoms with Crippen LogP contribution >= 0.6 is 0 Å². The minimum absolute atomic E-state index is 0.00890. The molecule has 148 valence electrons. The van der Waals surface area contributed by atoms with Crippen molar-refractivity contribution in [2.24, 2.45) is 5.92 Å². The molecule has 7 heteroatoms. The van der Waals surface area contributed by atoms with Gasteiger partial charge < -0.3 is 14.2 Å². The van der Waals surface area contributed by atoms with E-state index in [1.165, 1.54) is 12.1 Å². The topological polar surface area (TPSA) is 63.8 Å². The summed E-state index contributed by atoms with van der Waals surface area (Å²) in [6.45, 7) is 4.92. The number of pyridine rings is 1. The highest BCUT2D eigenvalue weighted by Gasteiger charge is 2.37. The first-order valence-electron chi connectivity index (χ1n) is 10.5. The maximum absolute atomic E-state index is 13.6. The average Bonchev–Trinajstić information content (AvgIpc) is 2.94. The van der Waals surface area contributed by atoms with Gasteiger partial charge in [0, 0.05) is 31.3 Å². The number of carboxylic acids is 1. The van der Waals surface area contributed by atoms with Crippen molar-refractivity contribution in [1.29, 1.82) is 0 Å². The minimum Gasteiger partial charge on any atom is -0.478 e. The van der Waals surface area contributed by atoms with Crippen LogP contribution in [0.3, 0.4) is 0 Å². The van der Waals surface area contributed by atoms with Gasteiger partial charge in [0.25, 0.3) is 0 Å². The van der Waals surface area contributed by atoms with Crippen molar-refractivity contribution in [3.8, 4) is 0 Å². The van der Waals surface area contributed by atoms with Gasteiger partial charge in [0.05, 0.1) is 15.4 Å². The normalized spacial score (nSPS) is 20.3. The summed E-state index contributed by atoms with van der Waals surface area (Å²) < 4.78 is 56.7. The van der Waals surface area contributed by atoms with Crippen molar-refractivity contribution in [1.82, 2.24) is 9.38 Å². The molecule has 0 atom stereocenters. The summed E-state index contributed by atoms with van der Waals surface area (Å²) in [5.74, 6) is -3.75. The summed E-state index contributed by atoms with van der Waals surface area (Å²) in [5, 5.41) is 9.36. The molecule has 0 aromatic carbocycles. The van der Waals surface area contributed by atoms with Gasteiger partial charge in [-0.2, -0.15) is 0 Å². The van der Waals surface area contributed by atoms with Crippen LogP contribution in [0, 0.1) is 12.8 Å². The van der Waals surface area contributed by atoms with Crippen molar-refractivity contribution in [3.05, 3.63) is 34.8 Å². The highest BCUT2D eigenvalue weighted by atomic mass is 19.3. The van der Waals surface area contributed by atoms with Crippen LogP contribution in [0.4, 0.5) is 8.78 Å². The van der Waals surface area contributed by atoms with Crippen LogP contribution < -0.4 is 0 Å². The highest BCUT2D eigenvalue weighted by Crippen LogP contribution is 2.39. The summed E-state index contributed by atoms with van der Waals surface area (Å²) in [6.07, 6.45) is 0.773. The Labute approximate surface area is 161 Å². The first-order chi connectivity index (χ1) is 13.7. The fourth-order valence-corrected chi connectivity index (χ4v) is 3.85. The van der Waals surface area contributed by atoms with Crippen molar-refractivity contribution < 1.29 is 27.5 Å². The van der Waals surface area contributed by atoms with Crippen LogP contribution in [-0.4, -0.2) is 33.4 Å². The number of aromatic nitrogens is 2. The molecule has 0 radical (unpaired) electrons. The van der Waals surface area contributed by atoms with E-state index < -0.39 is 24.5 Å². The van der Waals surface area contributed by atoms with Crippen molar-refractivity contribution >= 4 is 11.6 Å². The molecule has 1 fully saturated rings. The molecule has 0 spiro atoms. The molecule has 1 saturated carbocycles. The summed E-state index contributed by atoms with van der Waals surface area (Å²) in [6, 6.07) is 2.93. The second kappa shape index (κ2) is 6.86. The lowest BCUT2D eigenvalue weighted by Gasteiger charge is -2.29. The molecule has 0 aliphatic heterocycles. The zero-order valence-electron chi connectivity index (χ0n) is 18.7. The molecule has 0 amide bonds. The Kier molecular flexibility index (Phi) is 4.06. The van der Waals surface area contributed by atoms with Gasteiger partial charge in [-0.15, -0.1) is 0 Å². The molecule has 2 aromatic heterocycles. The number of carbonyl (C=O) groups is 1. The third-order valence-electron chi connectivity index (χ3n) is 5.39. The van der Waals surface area contributed by atoms with Crippen molar-refractivity contribution in [2.45, 2.75) is 64.4 Å². The maximum Gasteiger partial charge on any atom is 0.335 e. The van der Waals surface area contributed by atoms with Gasteiger partial charge in [-0.25, -0.2) is 18.6 Å². The van der Waals surface area contributed by atoms with Crippen LogP contribution in [0.25, 0.3) is 5.65 Å². The number of hydrogen-bond donors (Lipinski definition) is 1. The third kappa shape index (κ3) is 3.83. The Morgan fingerprint density at radius 3 is 2.70 bits per heavy atom. The number of rotatable bonds is 5. The van der Waals surface area contributed by atoms with Gasteiger partial charge in [-0.3, -0.25) is 0 Å². The van der Waals surface area contributed by atoms with E-state index in [-0.39, 0.29) is 24.3 Å². The molecular weight excluding hydrogens is 354 g/mol. The van der Waals surface area contributed by atoms with Gasteiger partial charge in [-0.1, -0.05) is 0 Å². The summed E-state index contributed by atoms with van der Waals surface area (Å²) in [7, 11) is -2.66. The van der Waals surface area contributed by atoms with Crippen LogP contribution in [-0.2, 0) is 16.8 Å². The standard InChI is InChI=1S/C20H26F2N2O3/c1-12-9-14(18(25)26)11-16-23-17(19(2,3)27-4)15(24(12)16)10-13-5-7-20(21,22)8-6-13/h9,11,13H,5-8,10H2,1-4H3,(H,25,26)/i4D3. The number of hydrogen-bond acceptors (Lipinski definition) is 3. The molecule has 1 aliphatic rings. The quantitative estimate of drug-likeness (QED) is 0.820. The molecule has 1 aliphatic carbocycles. The number of carboxylic acid groups (broad SMARTS) is 1. The number of alkyl halides is 2. The van der Waals surface area contributed by atoms with E-state index in [0.29, 0.717) is 42.0 Å². The number of imidazole rings is 1. The Morgan fingerprint density at radius 1 is 1.44 bits per heavy atom. The first-order valence-corrected chi connectivity index (χ1v) is 9.02. The smallest absolute Gasteiger partial charge is 0.335 e. The van der Waals surface area contributed by atoms with E-state index in [9.17, 15) is 18.7 Å². The lowest BCUT2D eigenvalue weighted by atomic mass is 9.83. The van der Waals surface area contributed by atoms with E-state index in [1.54, 1.807) is 25.2 Å². The summed E-state index contributed by atoms with van der Waals surface area (Å²) >= 11 is 0. The first kappa shape index (κ1) is 16.0. The van der Waals surface area contributed by atoms with Gasteiger partial charge in [0.15, 0.2) is 0 Å². The molecule has 2 aromatic rings. The monoisotopic (exact) mass is 383 g/mol. The van der Waals surface area contributed by atoms with Gasteiger partial charge in [-0.05, 0) is 58.1 Å². The van der Waals surface area contributed by atoms with Gasteiger partial charge in [0.2, 0.25) is 5.92 Å². The van der Waals surface area contributed by atoms with Crippen molar-refractivity contribution in [2.75, 3.05) is 7.04 Å². The van der Waals surface area contributed by atoms with Crippen LogP contribution in [0.1, 0.15) is 71.1 Å². The summed E-state index contributed by atoms with van der Waals surface area (Å²) in [4.78, 5) is 16.0. The van der Waals surface area contributed by atoms with E-state index >= 15 is 0 Å². The molecule has 0 bridgehead atoms. The molecule has 2 heterocycles. The fourth-order valence-electron chi connectivity index (χ4n) is 3.85. The average molecular weight is 383 g/mol. The Morgan fingerprint density at radius 2 is 2.11 bits per heavy atom. The largest absolute Gasteiger partial charge is 0.478 e. The summed E-state index contributed by atoms with van der Waals surface area (Å²) in [5.41, 5.74) is 0.798. The number of nitrogens with zero attached hydrogens (tertiary/aromatic N) is 2. The predicted octanol–water partition coefficient (Wildman–Crippen LogP) is 4.59. The molecule has 5 nitrogen and oxygen atoms in total. The number of halogens is 2. The Hall–Kier alpha value is -2.02. The zero-order chi connectivity index (χ0) is 22.5. The minimum atomic E-state index is -2.66. The SMILES string of the molecule is [2H]C([2H])([2H])OC(C)(C)c1nc2cc(C(=O)O)cc(C)n2c1CC1CCC(F)(F)CC1. The Bertz CT molecular complexity index is 960. The van der Waals surface area contributed by atoms with E-state index in [0.717, 1.165) is 0 Å². The molecule has 0 unspecified atom stereocenters. The number of methoxy groups -OCH3 is 1. The van der Waals surface area contributed by atoms with E-state index in [4.69, 9.17) is 8.85 Å². The second-order valence-corrected chi connectivity index (χ2v) is 7.91. The van der Waals surface area contributed by atoms with Crippen LogP contribution in [0.15, 0.2) is 12.1 Å². The lowest BCUT2D eigenvalue weighted by molar-refractivity contribution is -0.0459. The number of aromatic carboxylic acids is 1. The predicted molar refractivity (Wildman–Crippen MR) is 97.5 cm³/mol. The molecule has 1 N–H and O–H groups in total. The maximum atomic E-state index is 13.6. The lowest BCUT2D eigenvalue weighted by Crippen LogP contribution is -2.27. The highest BCUT2D eigenvalue weighted by molar-refractivity contribution is 5.89. The Balaban J connectivity index is 2.10. The zero-order valence-corrected chi connectivity index (χ0v) is 15.7. The number of ether oxygens (including phenoxy) is 1. The fraction of sp³-hybridized carbons (Fsp3) is 0.600. The number of fused-ring (bicyclic) bond motifs is 1. The van der Waals surface area contributed by atoms with E-state index in [1.807, 2.05) is 0 Å².